The lowest BCUT2D eigenvalue weighted by Crippen LogP contribution is -2.14. The Morgan fingerprint density at radius 3 is 2.70 bits per heavy atom. The van der Waals surface area contributed by atoms with Crippen LogP contribution in [0.1, 0.15) is 28.8 Å². The van der Waals surface area contributed by atoms with Gasteiger partial charge in [-0.25, -0.2) is 4.98 Å². The minimum atomic E-state index is -0.236. The van der Waals surface area contributed by atoms with Crippen LogP contribution in [-0.2, 0) is 0 Å². The molecule has 27 heavy (non-hydrogen) atoms. The first-order valence-electron chi connectivity index (χ1n) is 8.75. The Bertz CT molecular complexity index is 985. The summed E-state index contributed by atoms with van der Waals surface area (Å²) in [5, 5.41) is 3.40. The standard InChI is InChI=1S/C21H18ClN3O2/c1-13-8-9-23-12-18(13)21(26)25-20-7-2-14(11-24-20)17-6-5-16(10-19(17)22)27-15-3-4-15/h2,5-12,15H,3-4H2,1H3,(H,24,25,26). The van der Waals surface area contributed by atoms with Gasteiger partial charge in [0, 0.05) is 29.7 Å². The first-order valence-corrected chi connectivity index (χ1v) is 9.12. The molecule has 1 aliphatic carbocycles. The van der Waals surface area contributed by atoms with Gasteiger partial charge in [0.15, 0.2) is 0 Å². The average molecular weight is 380 g/mol. The molecular formula is C21H18ClN3O2. The number of carbonyl (C=O) groups excluding carboxylic acids is 1. The van der Waals surface area contributed by atoms with E-state index in [2.05, 4.69) is 15.3 Å². The topological polar surface area (TPSA) is 64.1 Å². The zero-order valence-electron chi connectivity index (χ0n) is 14.8. The highest BCUT2D eigenvalue weighted by atomic mass is 35.5. The van der Waals surface area contributed by atoms with Gasteiger partial charge >= 0.3 is 0 Å². The number of ether oxygens (including phenoxy) is 1. The van der Waals surface area contributed by atoms with Gasteiger partial charge in [-0.05, 0) is 61.7 Å². The number of aromatic nitrogens is 2. The molecule has 6 heteroatoms. The zero-order valence-corrected chi connectivity index (χ0v) is 15.5. The van der Waals surface area contributed by atoms with Gasteiger partial charge in [-0.15, -0.1) is 0 Å². The quantitative estimate of drug-likeness (QED) is 0.684. The van der Waals surface area contributed by atoms with Crippen molar-refractivity contribution in [3.05, 3.63) is 71.1 Å². The highest BCUT2D eigenvalue weighted by Gasteiger charge is 2.23. The Labute approximate surface area is 162 Å². The van der Waals surface area contributed by atoms with Crippen molar-refractivity contribution in [2.75, 3.05) is 5.32 Å². The number of rotatable bonds is 5. The molecule has 0 aliphatic heterocycles. The van der Waals surface area contributed by atoms with Crippen molar-refractivity contribution in [3.63, 3.8) is 0 Å². The molecule has 0 saturated heterocycles. The Balaban J connectivity index is 1.49. The van der Waals surface area contributed by atoms with Crippen LogP contribution in [0.15, 0.2) is 55.0 Å². The number of amides is 1. The minimum Gasteiger partial charge on any atom is -0.490 e. The van der Waals surface area contributed by atoms with E-state index in [4.69, 9.17) is 16.3 Å². The van der Waals surface area contributed by atoms with Gasteiger partial charge in [0.25, 0.3) is 5.91 Å². The van der Waals surface area contributed by atoms with Gasteiger partial charge in [0.2, 0.25) is 0 Å². The van der Waals surface area contributed by atoms with E-state index in [1.165, 1.54) is 0 Å². The molecule has 1 saturated carbocycles. The molecular weight excluding hydrogens is 362 g/mol. The maximum Gasteiger partial charge on any atom is 0.258 e. The van der Waals surface area contributed by atoms with Crippen molar-refractivity contribution in [3.8, 4) is 16.9 Å². The fourth-order valence-corrected chi connectivity index (χ4v) is 2.97. The van der Waals surface area contributed by atoms with Crippen molar-refractivity contribution in [2.24, 2.45) is 0 Å². The van der Waals surface area contributed by atoms with Gasteiger partial charge in [-0.1, -0.05) is 11.6 Å². The first-order chi connectivity index (χ1) is 13.1. The maximum atomic E-state index is 12.3. The summed E-state index contributed by atoms with van der Waals surface area (Å²) in [6.45, 7) is 1.87. The molecule has 3 aromatic rings. The molecule has 1 aliphatic rings. The van der Waals surface area contributed by atoms with Crippen LogP contribution in [0.4, 0.5) is 5.82 Å². The van der Waals surface area contributed by atoms with Crippen LogP contribution >= 0.6 is 11.6 Å². The lowest BCUT2D eigenvalue weighted by atomic mass is 10.1. The van der Waals surface area contributed by atoms with Crippen LogP contribution in [0.2, 0.25) is 5.02 Å². The van der Waals surface area contributed by atoms with Crippen LogP contribution in [0.5, 0.6) is 5.75 Å². The monoisotopic (exact) mass is 379 g/mol. The summed E-state index contributed by atoms with van der Waals surface area (Å²) in [5.41, 5.74) is 3.12. The van der Waals surface area contributed by atoms with E-state index in [1.807, 2.05) is 31.2 Å². The molecule has 0 bridgehead atoms. The first kappa shape index (κ1) is 17.5. The highest BCUT2D eigenvalue weighted by Crippen LogP contribution is 2.34. The van der Waals surface area contributed by atoms with E-state index in [0.29, 0.717) is 22.5 Å². The van der Waals surface area contributed by atoms with Gasteiger partial charge < -0.3 is 10.1 Å². The van der Waals surface area contributed by atoms with Crippen LogP contribution in [-0.4, -0.2) is 22.0 Å². The van der Waals surface area contributed by atoms with Crippen LogP contribution in [0, 0.1) is 6.92 Å². The molecule has 0 spiro atoms. The van der Waals surface area contributed by atoms with Crippen molar-refractivity contribution in [1.82, 2.24) is 9.97 Å². The third kappa shape index (κ3) is 4.09. The minimum absolute atomic E-state index is 0.236. The lowest BCUT2D eigenvalue weighted by Gasteiger charge is -2.10. The number of nitrogens with one attached hydrogen (secondary N) is 1. The third-order valence-corrected chi connectivity index (χ3v) is 4.68. The van der Waals surface area contributed by atoms with Gasteiger partial charge in [-0.3, -0.25) is 9.78 Å². The molecule has 2 aromatic heterocycles. The second-order valence-electron chi connectivity index (χ2n) is 6.54. The Morgan fingerprint density at radius 1 is 1.19 bits per heavy atom. The van der Waals surface area contributed by atoms with E-state index in [-0.39, 0.29) is 5.91 Å². The third-order valence-electron chi connectivity index (χ3n) is 4.37. The van der Waals surface area contributed by atoms with E-state index in [0.717, 1.165) is 35.3 Å². The van der Waals surface area contributed by atoms with Crippen LogP contribution in [0.3, 0.4) is 0 Å². The SMILES string of the molecule is Cc1ccncc1C(=O)Nc1ccc(-c2ccc(OC3CC3)cc2Cl)cn1. The number of hydrogen-bond donors (Lipinski definition) is 1. The van der Waals surface area contributed by atoms with E-state index in [1.54, 1.807) is 30.7 Å². The maximum absolute atomic E-state index is 12.3. The molecule has 0 radical (unpaired) electrons. The number of hydrogen-bond acceptors (Lipinski definition) is 4. The number of benzene rings is 1. The molecule has 0 atom stereocenters. The molecule has 4 rings (SSSR count). The molecule has 1 amide bonds. The summed E-state index contributed by atoms with van der Waals surface area (Å²) in [6.07, 6.45) is 7.44. The molecule has 0 unspecified atom stereocenters. The summed E-state index contributed by atoms with van der Waals surface area (Å²) in [6, 6.07) is 11.1. The van der Waals surface area contributed by atoms with Crippen molar-refractivity contribution in [1.29, 1.82) is 0 Å². The predicted molar refractivity (Wildman–Crippen MR) is 105 cm³/mol. The average Bonchev–Trinajstić information content (AvgIpc) is 3.47. The smallest absolute Gasteiger partial charge is 0.258 e. The number of nitrogens with zero attached hydrogens (tertiary/aromatic N) is 2. The fourth-order valence-electron chi connectivity index (χ4n) is 2.69. The highest BCUT2D eigenvalue weighted by molar-refractivity contribution is 6.33. The van der Waals surface area contributed by atoms with E-state index >= 15 is 0 Å². The summed E-state index contributed by atoms with van der Waals surface area (Å²) < 4.78 is 5.76. The van der Waals surface area contributed by atoms with Crippen molar-refractivity contribution >= 4 is 23.3 Å². The van der Waals surface area contributed by atoms with Crippen LogP contribution < -0.4 is 10.1 Å². The zero-order chi connectivity index (χ0) is 18.8. The molecule has 1 fully saturated rings. The second kappa shape index (κ2) is 7.37. The molecule has 2 heterocycles. The number of anilines is 1. The molecule has 5 nitrogen and oxygen atoms in total. The summed E-state index contributed by atoms with van der Waals surface area (Å²) in [7, 11) is 0. The fraction of sp³-hybridized carbons (Fsp3) is 0.190. The molecule has 1 aromatic carbocycles. The van der Waals surface area contributed by atoms with Gasteiger partial charge in [0.05, 0.1) is 16.7 Å². The number of carbonyl (C=O) groups is 1. The largest absolute Gasteiger partial charge is 0.490 e. The van der Waals surface area contributed by atoms with E-state index in [9.17, 15) is 4.79 Å². The number of halogens is 1. The van der Waals surface area contributed by atoms with E-state index < -0.39 is 0 Å². The normalized spacial score (nSPS) is 13.3. The summed E-state index contributed by atoms with van der Waals surface area (Å²) in [4.78, 5) is 20.7. The van der Waals surface area contributed by atoms with Crippen molar-refractivity contribution < 1.29 is 9.53 Å². The Hall–Kier alpha value is -2.92. The predicted octanol–water partition coefficient (Wildman–Crippen LogP) is 4.90. The summed E-state index contributed by atoms with van der Waals surface area (Å²) >= 11 is 6.40. The Morgan fingerprint density at radius 2 is 2.04 bits per heavy atom. The van der Waals surface area contributed by atoms with Crippen LogP contribution in [0.25, 0.3) is 11.1 Å². The summed E-state index contributed by atoms with van der Waals surface area (Å²) in [5.74, 6) is 1.02. The second-order valence-corrected chi connectivity index (χ2v) is 6.94. The van der Waals surface area contributed by atoms with Gasteiger partial charge in [-0.2, -0.15) is 0 Å². The molecule has 1 N–H and O–H groups in total. The molecule has 136 valence electrons. The lowest BCUT2D eigenvalue weighted by molar-refractivity contribution is 0.102. The number of aryl methyl sites for hydroxylation is 1. The van der Waals surface area contributed by atoms with Gasteiger partial charge in [0.1, 0.15) is 11.6 Å². The number of pyridine rings is 2. The Kier molecular flexibility index (Phi) is 4.77. The van der Waals surface area contributed by atoms with Crippen molar-refractivity contribution in [2.45, 2.75) is 25.9 Å².